The van der Waals surface area contributed by atoms with E-state index in [9.17, 15) is 9.90 Å². The molecular formula is C13H20ClN3O2. The minimum absolute atomic E-state index is 0.221. The van der Waals surface area contributed by atoms with Crippen molar-refractivity contribution in [3.05, 3.63) is 29.0 Å². The second-order valence-electron chi connectivity index (χ2n) is 4.95. The molecule has 2 N–H and O–H groups in total. The van der Waals surface area contributed by atoms with E-state index in [0.717, 1.165) is 5.69 Å². The number of carbonyl (C=O) groups is 1. The molecule has 0 unspecified atom stereocenters. The lowest BCUT2D eigenvalue weighted by Crippen LogP contribution is -2.46. The molecule has 1 aromatic rings. The molecule has 0 aliphatic heterocycles. The average Bonchev–Trinajstić information content (AvgIpc) is 2.34. The van der Waals surface area contributed by atoms with Gasteiger partial charge in [0, 0.05) is 12.7 Å². The highest BCUT2D eigenvalue weighted by Gasteiger charge is 2.20. The van der Waals surface area contributed by atoms with Crippen molar-refractivity contribution in [2.75, 3.05) is 13.1 Å². The van der Waals surface area contributed by atoms with Crippen LogP contribution in [0, 0.1) is 0 Å². The number of nitrogens with zero attached hydrogens (tertiary/aromatic N) is 2. The van der Waals surface area contributed by atoms with Crippen LogP contribution in [0.15, 0.2) is 18.3 Å². The minimum Gasteiger partial charge on any atom is -0.389 e. The number of aromatic nitrogens is 1. The van der Waals surface area contributed by atoms with Crippen molar-refractivity contribution in [1.29, 1.82) is 0 Å². The van der Waals surface area contributed by atoms with E-state index in [-0.39, 0.29) is 12.6 Å². The van der Waals surface area contributed by atoms with Gasteiger partial charge in [-0.2, -0.15) is 0 Å². The third kappa shape index (κ3) is 5.89. The van der Waals surface area contributed by atoms with Gasteiger partial charge < -0.3 is 15.3 Å². The molecule has 0 aromatic carbocycles. The Morgan fingerprint density at radius 2 is 2.21 bits per heavy atom. The third-order valence-electron chi connectivity index (χ3n) is 2.46. The first-order valence-corrected chi connectivity index (χ1v) is 6.55. The van der Waals surface area contributed by atoms with E-state index in [1.54, 1.807) is 30.9 Å². The zero-order chi connectivity index (χ0) is 14.5. The van der Waals surface area contributed by atoms with Gasteiger partial charge in [0.1, 0.15) is 0 Å². The van der Waals surface area contributed by atoms with E-state index < -0.39 is 5.60 Å². The predicted molar refractivity (Wildman–Crippen MR) is 75.0 cm³/mol. The Kier molecular flexibility index (Phi) is 5.57. The van der Waals surface area contributed by atoms with Gasteiger partial charge in [0.15, 0.2) is 0 Å². The molecule has 5 nitrogen and oxygen atoms in total. The zero-order valence-electron chi connectivity index (χ0n) is 11.5. The molecule has 19 heavy (non-hydrogen) atoms. The van der Waals surface area contributed by atoms with Crippen LogP contribution < -0.4 is 5.32 Å². The molecule has 6 heteroatoms. The van der Waals surface area contributed by atoms with Crippen LogP contribution in [0.1, 0.15) is 26.5 Å². The van der Waals surface area contributed by atoms with Gasteiger partial charge in [-0.3, -0.25) is 4.98 Å². The lowest BCUT2D eigenvalue weighted by atomic mass is 10.1. The van der Waals surface area contributed by atoms with Gasteiger partial charge >= 0.3 is 6.03 Å². The second kappa shape index (κ2) is 6.73. The molecule has 0 aliphatic carbocycles. The van der Waals surface area contributed by atoms with Crippen LogP contribution in [-0.2, 0) is 6.54 Å². The fourth-order valence-electron chi connectivity index (χ4n) is 1.58. The fourth-order valence-corrected chi connectivity index (χ4v) is 1.70. The number of carbonyl (C=O) groups excluding carboxylic acids is 1. The van der Waals surface area contributed by atoms with E-state index in [1.807, 2.05) is 6.92 Å². The van der Waals surface area contributed by atoms with Crippen molar-refractivity contribution in [2.45, 2.75) is 32.9 Å². The summed E-state index contributed by atoms with van der Waals surface area (Å²) in [4.78, 5) is 17.6. The second-order valence-corrected chi connectivity index (χ2v) is 5.39. The van der Waals surface area contributed by atoms with E-state index in [1.165, 1.54) is 6.20 Å². The normalized spacial score (nSPS) is 11.2. The summed E-state index contributed by atoms with van der Waals surface area (Å²) in [5, 5.41) is 13.1. The number of amides is 2. The molecule has 1 rings (SSSR count). The van der Waals surface area contributed by atoms with E-state index >= 15 is 0 Å². The van der Waals surface area contributed by atoms with Crippen LogP contribution in [0.3, 0.4) is 0 Å². The summed E-state index contributed by atoms with van der Waals surface area (Å²) < 4.78 is 0. The highest BCUT2D eigenvalue weighted by Crippen LogP contribution is 2.07. The van der Waals surface area contributed by atoms with Crippen LogP contribution in [0.5, 0.6) is 0 Å². The van der Waals surface area contributed by atoms with Gasteiger partial charge in [0.25, 0.3) is 0 Å². The van der Waals surface area contributed by atoms with Crippen LogP contribution >= 0.6 is 11.6 Å². The molecular weight excluding hydrogens is 266 g/mol. The first-order chi connectivity index (χ1) is 8.81. The van der Waals surface area contributed by atoms with Gasteiger partial charge in [-0.05, 0) is 32.9 Å². The molecule has 0 radical (unpaired) electrons. The quantitative estimate of drug-likeness (QED) is 0.870. The van der Waals surface area contributed by atoms with Gasteiger partial charge in [-0.25, -0.2) is 4.79 Å². The summed E-state index contributed by atoms with van der Waals surface area (Å²) >= 11 is 5.73. The van der Waals surface area contributed by atoms with Crippen LogP contribution in [0.4, 0.5) is 4.79 Å². The Labute approximate surface area is 118 Å². The smallest absolute Gasteiger partial charge is 0.317 e. The van der Waals surface area contributed by atoms with Crippen LogP contribution in [0.2, 0.25) is 5.02 Å². The van der Waals surface area contributed by atoms with Gasteiger partial charge in [-0.1, -0.05) is 11.6 Å². The van der Waals surface area contributed by atoms with Gasteiger partial charge in [-0.15, -0.1) is 0 Å². The lowest BCUT2D eigenvalue weighted by Gasteiger charge is -2.28. The molecule has 0 bridgehead atoms. The molecule has 0 aliphatic rings. The number of urea groups is 1. The average molecular weight is 286 g/mol. The maximum absolute atomic E-state index is 11.9. The van der Waals surface area contributed by atoms with Gasteiger partial charge in [0.05, 0.1) is 29.4 Å². The summed E-state index contributed by atoms with van der Waals surface area (Å²) in [6, 6.07) is 3.26. The number of likely N-dealkylation sites (N-methyl/N-ethyl adjacent to an activating group) is 1. The number of pyridine rings is 1. The highest BCUT2D eigenvalue weighted by molar-refractivity contribution is 6.30. The summed E-state index contributed by atoms with van der Waals surface area (Å²) in [6.45, 7) is 6.35. The van der Waals surface area contributed by atoms with Crippen molar-refractivity contribution in [3.63, 3.8) is 0 Å². The number of aliphatic hydroxyl groups is 1. The summed E-state index contributed by atoms with van der Waals surface area (Å²) in [6.07, 6.45) is 1.54. The number of hydrogen-bond acceptors (Lipinski definition) is 3. The molecule has 0 atom stereocenters. The molecule has 0 saturated heterocycles. The standard InChI is InChI=1S/C13H20ClN3O2/c1-4-17(9-13(2,3)19)12(18)16-8-11-6-5-10(14)7-15-11/h5-7,19H,4,8-9H2,1-3H3,(H,16,18). The first kappa shape index (κ1) is 15.7. The Bertz CT molecular complexity index is 415. The Hall–Kier alpha value is -1.33. The monoisotopic (exact) mass is 285 g/mol. The van der Waals surface area contributed by atoms with Gasteiger partial charge in [0.2, 0.25) is 0 Å². The maximum Gasteiger partial charge on any atom is 0.317 e. The molecule has 1 heterocycles. The van der Waals surface area contributed by atoms with Crippen molar-refractivity contribution in [3.8, 4) is 0 Å². The number of nitrogens with one attached hydrogen (secondary N) is 1. The highest BCUT2D eigenvalue weighted by atomic mass is 35.5. The van der Waals surface area contributed by atoms with Crippen molar-refractivity contribution in [1.82, 2.24) is 15.2 Å². The van der Waals surface area contributed by atoms with E-state index in [0.29, 0.717) is 18.1 Å². The predicted octanol–water partition coefficient (Wildman–Crippen LogP) is 2.04. The van der Waals surface area contributed by atoms with Crippen molar-refractivity contribution in [2.24, 2.45) is 0 Å². The zero-order valence-corrected chi connectivity index (χ0v) is 12.2. The molecule has 0 saturated carbocycles. The Morgan fingerprint density at radius 1 is 1.53 bits per heavy atom. The lowest BCUT2D eigenvalue weighted by molar-refractivity contribution is 0.0479. The van der Waals surface area contributed by atoms with E-state index in [4.69, 9.17) is 11.6 Å². The largest absolute Gasteiger partial charge is 0.389 e. The summed E-state index contributed by atoms with van der Waals surface area (Å²) in [5.41, 5.74) is -0.177. The van der Waals surface area contributed by atoms with Crippen LogP contribution in [0.25, 0.3) is 0 Å². The number of halogens is 1. The van der Waals surface area contributed by atoms with Crippen LogP contribution in [-0.4, -0.2) is 39.7 Å². The molecule has 0 fully saturated rings. The third-order valence-corrected chi connectivity index (χ3v) is 2.68. The molecule has 1 aromatic heterocycles. The number of rotatable bonds is 5. The Balaban J connectivity index is 2.51. The maximum atomic E-state index is 11.9. The van der Waals surface area contributed by atoms with E-state index in [2.05, 4.69) is 10.3 Å². The first-order valence-electron chi connectivity index (χ1n) is 6.17. The molecule has 2 amide bonds. The SMILES string of the molecule is CCN(CC(C)(C)O)C(=O)NCc1ccc(Cl)cn1. The van der Waals surface area contributed by atoms with Crippen molar-refractivity contribution < 1.29 is 9.90 Å². The topological polar surface area (TPSA) is 65.5 Å². The van der Waals surface area contributed by atoms with Crippen molar-refractivity contribution >= 4 is 17.6 Å². The molecule has 0 spiro atoms. The fraction of sp³-hybridized carbons (Fsp3) is 0.538. The minimum atomic E-state index is -0.911. The summed E-state index contributed by atoms with van der Waals surface area (Å²) in [5.74, 6) is 0. The Morgan fingerprint density at radius 3 is 2.68 bits per heavy atom. The number of hydrogen-bond donors (Lipinski definition) is 2. The summed E-state index contributed by atoms with van der Waals surface area (Å²) in [7, 11) is 0. The molecule has 106 valence electrons.